The summed E-state index contributed by atoms with van der Waals surface area (Å²) in [5, 5.41) is 0. The summed E-state index contributed by atoms with van der Waals surface area (Å²) in [7, 11) is -0.958. The Morgan fingerprint density at radius 2 is 1.88 bits per heavy atom. The van der Waals surface area contributed by atoms with E-state index in [2.05, 4.69) is 33.0 Å². The van der Waals surface area contributed by atoms with Gasteiger partial charge in [0.2, 0.25) is 0 Å². The summed E-state index contributed by atoms with van der Waals surface area (Å²) in [5.41, 5.74) is 4.95. The van der Waals surface area contributed by atoms with E-state index in [-0.39, 0.29) is 21.7 Å². The maximum absolute atomic E-state index is 3.76. The Hall–Kier alpha value is 0.411. The summed E-state index contributed by atoms with van der Waals surface area (Å²) in [5.74, 6) is 0.705. The van der Waals surface area contributed by atoms with Crippen molar-refractivity contribution < 1.29 is 21.7 Å². The van der Waals surface area contributed by atoms with Crippen LogP contribution in [0.3, 0.4) is 0 Å². The number of hydrogen-bond donors (Lipinski definition) is 0. The molecule has 2 heteroatoms. The van der Waals surface area contributed by atoms with Crippen molar-refractivity contribution in [3.8, 4) is 0 Å². The van der Waals surface area contributed by atoms with Crippen molar-refractivity contribution in [2.45, 2.75) is 64.7 Å². The fraction of sp³-hybridized carbons (Fsp3) is 0.733. The zero-order valence-electron chi connectivity index (χ0n) is 11.8. The van der Waals surface area contributed by atoms with Gasteiger partial charge in [-0.05, 0) is 6.42 Å². The molecule has 1 atom stereocenters. The zero-order valence-corrected chi connectivity index (χ0v) is 14.4. The largest absolute Gasteiger partial charge is 0.266 e. The fourth-order valence-electron chi connectivity index (χ4n) is 3.05. The monoisotopic (exact) mass is 281 g/mol. The van der Waals surface area contributed by atoms with Gasteiger partial charge in [-0.3, -0.25) is 6.08 Å². The van der Waals surface area contributed by atoms with E-state index in [4.69, 9.17) is 0 Å². The Bertz CT molecular complexity index is 339. The first-order valence-electron chi connectivity index (χ1n) is 6.86. The van der Waals surface area contributed by atoms with Gasteiger partial charge in [0.15, 0.2) is 0 Å². The van der Waals surface area contributed by atoms with E-state index >= 15 is 0 Å². The molecule has 0 fully saturated rings. The fourth-order valence-corrected chi connectivity index (χ4v) is 4.79. The van der Waals surface area contributed by atoms with Crippen LogP contribution in [0.5, 0.6) is 0 Å². The van der Waals surface area contributed by atoms with E-state index < -0.39 is 8.07 Å². The molecular formula is C15H25SiTi-. The van der Waals surface area contributed by atoms with Crippen LogP contribution < -0.4 is 0 Å². The second kappa shape index (κ2) is 6.04. The molecule has 94 valence electrons. The summed E-state index contributed by atoms with van der Waals surface area (Å²) in [4.78, 5) is 0. The number of hydrogen-bond acceptors (Lipinski definition) is 0. The average Bonchev–Trinajstić information content (AvgIpc) is 2.56. The first-order chi connectivity index (χ1) is 7.53. The molecule has 0 saturated carbocycles. The van der Waals surface area contributed by atoms with Gasteiger partial charge in [-0.2, -0.15) is 11.1 Å². The van der Waals surface area contributed by atoms with Crippen LogP contribution in [0.2, 0.25) is 25.2 Å². The predicted octanol–water partition coefficient (Wildman–Crippen LogP) is 4.96. The molecular weight excluding hydrogens is 256 g/mol. The van der Waals surface area contributed by atoms with Gasteiger partial charge >= 0.3 is 0 Å². The maximum atomic E-state index is 3.76. The standard InChI is InChI=1S/C15H25Si.Ti/c1-5-16(3,4)11-13-10-12(2)14-8-6-7-9-15(13)14;/h13H,5-9,11H2,1-4H3;/q-1;. The van der Waals surface area contributed by atoms with Crippen LogP contribution in [0.15, 0.2) is 16.7 Å². The SMILES string of the molecule is CC[Si](C)(C)CC1[C-]=C(C)C2=C1CCCC2.[Ti]. The smallest absolute Gasteiger partial charge is 0.0464 e. The molecule has 0 aliphatic heterocycles. The summed E-state index contributed by atoms with van der Waals surface area (Å²) in [6.45, 7) is 9.71. The van der Waals surface area contributed by atoms with Crippen LogP contribution in [-0.4, -0.2) is 8.07 Å². The molecule has 0 spiro atoms. The molecule has 0 aromatic heterocycles. The van der Waals surface area contributed by atoms with Crippen molar-refractivity contribution in [2.75, 3.05) is 0 Å². The normalized spacial score (nSPS) is 24.2. The third kappa shape index (κ3) is 3.45. The minimum atomic E-state index is -0.958. The predicted molar refractivity (Wildman–Crippen MR) is 74.2 cm³/mol. The van der Waals surface area contributed by atoms with Crippen molar-refractivity contribution in [3.05, 3.63) is 22.8 Å². The molecule has 0 saturated heterocycles. The van der Waals surface area contributed by atoms with Crippen molar-refractivity contribution in [2.24, 2.45) is 5.92 Å². The Kier molecular flexibility index (Phi) is 5.49. The molecule has 17 heavy (non-hydrogen) atoms. The molecule has 0 nitrogen and oxygen atoms in total. The Balaban J connectivity index is 0.00000144. The van der Waals surface area contributed by atoms with Gasteiger partial charge in [0, 0.05) is 29.8 Å². The zero-order chi connectivity index (χ0) is 11.8. The summed E-state index contributed by atoms with van der Waals surface area (Å²) < 4.78 is 0. The third-order valence-electron chi connectivity index (χ3n) is 4.49. The van der Waals surface area contributed by atoms with E-state index in [0.717, 1.165) is 0 Å². The van der Waals surface area contributed by atoms with Crippen molar-refractivity contribution >= 4 is 8.07 Å². The van der Waals surface area contributed by atoms with Gasteiger partial charge in [-0.15, -0.1) is 0 Å². The van der Waals surface area contributed by atoms with Crippen molar-refractivity contribution in [1.29, 1.82) is 0 Å². The van der Waals surface area contributed by atoms with Gasteiger partial charge < -0.3 is 0 Å². The van der Waals surface area contributed by atoms with Gasteiger partial charge in [0.25, 0.3) is 0 Å². The van der Waals surface area contributed by atoms with Gasteiger partial charge in [-0.25, -0.2) is 5.57 Å². The van der Waals surface area contributed by atoms with E-state index in [1.165, 1.54) is 43.3 Å². The molecule has 0 aromatic rings. The number of rotatable bonds is 3. The Labute approximate surface area is 123 Å². The quantitative estimate of drug-likeness (QED) is 0.506. The van der Waals surface area contributed by atoms with Gasteiger partial charge in [0.1, 0.15) is 0 Å². The Morgan fingerprint density at radius 3 is 2.53 bits per heavy atom. The van der Waals surface area contributed by atoms with Crippen LogP contribution >= 0.6 is 0 Å². The first kappa shape index (κ1) is 15.5. The van der Waals surface area contributed by atoms with Crippen molar-refractivity contribution in [3.63, 3.8) is 0 Å². The summed E-state index contributed by atoms with van der Waals surface area (Å²) >= 11 is 0. The van der Waals surface area contributed by atoms with Gasteiger partial charge in [-0.1, -0.05) is 64.2 Å². The summed E-state index contributed by atoms with van der Waals surface area (Å²) in [6, 6.07) is 2.84. The molecule has 1 unspecified atom stereocenters. The minimum absolute atomic E-state index is 0. The molecule has 0 radical (unpaired) electrons. The van der Waals surface area contributed by atoms with Crippen LogP contribution in [-0.2, 0) is 21.7 Å². The molecule has 0 amide bonds. The average molecular weight is 281 g/mol. The Morgan fingerprint density at radius 1 is 1.24 bits per heavy atom. The van der Waals surface area contributed by atoms with Crippen LogP contribution in [0.4, 0.5) is 0 Å². The maximum Gasteiger partial charge on any atom is 0.0464 e. The molecule has 2 aliphatic rings. The van der Waals surface area contributed by atoms with Crippen LogP contribution in [0, 0.1) is 12.0 Å². The van der Waals surface area contributed by atoms with Crippen LogP contribution in [0.25, 0.3) is 0 Å². The second-order valence-corrected chi connectivity index (χ2v) is 11.7. The molecule has 0 aromatic carbocycles. The second-order valence-electron chi connectivity index (χ2n) is 6.25. The third-order valence-corrected chi connectivity index (χ3v) is 7.92. The number of allylic oxidation sites excluding steroid dienone is 4. The molecule has 0 heterocycles. The first-order valence-corrected chi connectivity index (χ1v) is 10.3. The van der Waals surface area contributed by atoms with Crippen molar-refractivity contribution in [1.82, 2.24) is 0 Å². The van der Waals surface area contributed by atoms with E-state index in [1.54, 1.807) is 11.1 Å². The molecule has 0 bridgehead atoms. The molecule has 2 rings (SSSR count). The molecule has 2 aliphatic carbocycles. The van der Waals surface area contributed by atoms with E-state index in [1.807, 2.05) is 0 Å². The van der Waals surface area contributed by atoms with Crippen LogP contribution in [0.1, 0.15) is 39.5 Å². The minimum Gasteiger partial charge on any atom is -0.266 e. The summed E-state index contributed by atoms with van der Waals surface area (Å²) in [6.07, 6.45) is 9.27. The molecule has 0 N–H and O–H groups in total. The van der Waals surface area contributed by atoms with E-state index in [9.17, 15) is 0 Å². The van der Waals surface area contributed by atoms with Gasteiger partial charge in [0.05, 0.1) is 0 Å². The van der Waals surface area contributed by atoms with E-state index in [0.29, 0.717) is 5.92 Å². The topological polar surface area (TPSA) is 0 Å².